The van der Waals surface area contributed by atoms with Crippen molar-refractivity contribution in [2.45, 2.75) is 36.6 Å². The van der Waals surface area contributed by atoms with Crippen molar-refractivity contribution in [3.63, 3.8) is 0 Å². The van der Waals surface area contributed by atoms with E-state index in [2.05, 4.69) is 34.6 Å². The average molecular weight is 598 g/mol. The van der Waals surface area contributed by atoms with Crippen molar-refractivity contribution < 1.29 is 14.3 Å². The van der Waals surface area contributed by atoms with E-state index in [4.69, 9.17) is 10.6 Å². The molecule has 42 heavy (non-hydrogen) atoms. The van der Waals surface area contributed by atoms with Crippen LogP contribution in [0, 0.1) is 0 Å². The third-order valence-electron chi connectivity index (χ3n) is 6.68. The van der Waals surface area contributed by atoms with E-state index < -0.39 is 11.2 Å². The van der Waals surface area contributed by atoms with Gasteiger partial charge in [0.1, 0.15) is 10.3 Å². The van der Waals surface area contributed by atoms with Gasteiger partial charge in [-0.05, 0) is 35.6 Å². The molecule has 0 saturated heterocycles. The molecule has 2 aromatic heterocycles. The minimum Gasteiger partial charge on any atom is -0.462 e. The molecule has 2 atom stereocenters. The average Bonchev–Trinajstić information content (AvgIpc) is 3.60. The molecule has 0 saturated carbocycles. The Balaban J connectivity index is 1.42. The van der Waals surface area contributed by atoms with Gasteiger partial charge in [0.2, 0.25) is 11.1 Å². The topological polar surface area (TPSA) is 112 Å². The summed E-state index contributed by atoms with van der Waals surface area (Å²) < 4.78 is 6.75. The lowest BCUT2D eigenvalue weighted by Crippen LogP contribution is -2.21. The number of hydrogen-bond acceptors (Lipinski definition) is 8. The second-order valence-electron chi connectivity index (χ2n) is 9.62. The lowest BCUT2D eigenvalue weighted by atomic mass is 9.98. The maximum absolute atomic E-state index is 13.9. The number of nitrogens with two attached hydrogens (primary N) is 1. The van der Waals surface area contributed by atoms with Crippen molar-refractivity contribution in [2.75, 3.05) is 17.8 Å². The first-order valence-electron chi connectivity index (χ1n) is 13.6. The molecule has 5 aromatic rings. The first kappa shape index (κ1) is 29.1. The molecule has 0 radical (unpaired) electrons. The Kier molecular flexibility index (Phi) is 9.35. The van der Waals surface area contributed by atoms with E-state index in [1.165, 1.54) is 33.3 Å². The van der Waals surface area contributed by atoms with Crippen molar-refractivity contribution in [3.05, 3.63) is 120 Å². The Morgan fingerprint density at radius 1 is 0.952 bits per heavy atom. The van der Waals surface area contributed by atoms with E-state index in [9.17, 15) is 9.59 Å². The second-order valence-corrected chi connectivity index (χ2v) is 11.7. The van der Waals surface area contributed by atoms with Crippen molar-refractivity contribution in [3.8, 4) is 10.4 Å². The molecule has 8 nitrogen and oxygen atoms in total. The zero-order valence-corrected chi connectivity index (χ0v) is 24.9. The minimum atomic E-state index is -0.714. The van der Waals surface area contributed by atoms with E-state index in [1.54, 1.807) is 13.0 Å². The summed E-state index contributed by atoms with van der Waals surface area (Å²) in [6.07, 6.45) is 0.594. The highest BCUT2D eigenvalue weighted by molar-refractivity contribution is 8.00. The van der Waals surface area contributed by atoms with Crippen LogP contribution in [0.5, 0.6) is 0 Å². The highest BCUT2D eigenvalue weighted by Crippen LogP contribution is 2.39. The van der Waals surface area contributed by atoms with Gasteiger partial charge in [-0.15, -0.1) is 21.5 Å². The molecule has 2 unspecified atom stereocenters. The normalized spacial score (nSPS) is 12.4. The molecule has 5 rings (SSSR count). The van der Waals surface area contributed by atoms with E-state index >= 15 is 0 Å². The summed E-state index contributed by atoms with van der Waals surface area (Å²) in [5.74, 6) is 6.45. The van der Waals surface area contributed by atoms with Crippen molar-refractivity contribution in [1.29, 1.82) is 0 Å². The lowest BCUT2D eigenvalue weighted by molar-refractivity contribution is -0.115. The smallest absolute Gasteiger partial charge is 0.341 e. The fourth-order valence-electron chi connectivity index (χ4n) is 4.47. The van der Waals surface area contributed by atoms with Crippen LogP contribution in [-0.2, 0) is 16.0 Å². The van der Waals surface area contributed by atoms with Crippen LogP contribution in [0.2, 0.25) is 0 Å². The Hall–Kier alpha value is -4.41. The number of amides is 1. The number of thioether (sulfide) groups is 1. The zero-order valence-electron chi connectivity index (χ0n) is 23.3. The fourth-order valence-corrected chi connectivity index (χ4v) is 6.50. The van der Waals surface area contributed by atoms with Gasteiger partial charge in [0, 0.05) is 11.3 Å². The van der Waals surface area contributed by atoms with Gasteiger partial charge < -0.3 is 15.9 Å². The molecule has 2 heterocycles. The number of nitrogen functional groups attached to an aromatic ring is 1. The molecule has 0 bridgehead atoms. The van der Waals surface area contributed by atoms with Crippen LogP contribution < -0.4 is 11.2 Å². The highest BCUT2D eigenvalue weighted by atomic mass is 32.2. The number of hydrogen-bond donors (Lipinski definition) is 2. The molecule has 0 aliphatic heterocycles. The molecule has 3 N–H and O–H groups in total. The number of benzene rings is 3. The van der Waals surface area contributed by atoms with Gasteiger partial charge in [-0.25, -0.2) is 9.47 Å². The second kappa shape index (κ2) is 13.5. The SMILES string of the molecule is CCOC(=O)c1cc(-c2ccccc2)sc1NC(=O)C(Sc1nnc(CC(C)c2ccccc2)n1N)c1ccccc1. The Labute approximate surface area is 252 Å². The van der Waals surface area contributed by atoms with E-state index in [0.717, 1.165) is 16.0 Å². The quantitative estimate of drug-likeness (QED) is 0.0988. The molecule has 214 valence electrons. The van der Waals surface area contributed by atoms with Crippen LogP contribution in [0.1, 0.15) is 52.3 Å². The Morgan fingerprint density at radius 2 is 1.57 bits per heavy atom. The molecule has 0 spiro atoms. The Bertz CT molecular complexity index is 1640. The van der Waals surface area contributed by atoms with Gasteiger partial charge in [-0.3, -0.25) is 4.79 Å². The highest BCUT2D eigenvalue weighted by Gasteiger charge is 2.28. The largest absolute Gasteiger partial charge is 0.462 e. The van der Waals surface area contributed by atoms with Crippen molar-refractivity contribution in [1.82, 2.24) is 14.9 Å². The molecular weight excluding hydrogens is 567 g/mol. The number of rotatable bonds is 11. The van der Waals surface area contributed by atoms with Crippen LogP contribution in [0.15, 0.2) is 102 Å². The molecule has 0 fully saturated rings. The van der Waals surface area contributed by atoms with Gasteiger partial charge in [-0.2, -0.15) is 0 Å². The number of ether oxygens (including phenoxy) is 1. The predicted octanol–water partition coefficient (Wildman–Crippen LogP) is 6.72. The number of thiophene rings is 1. The van der Waals surface area contributed by atoms with Gasteiger partial charge in [0.25, 0.3) is 0 Å². The maximum Gasteiger partial charge on any atom is 0.341 e. The molecule has 3 aromatic carbocycles. The summed E-state index contributed by atoms with van der Waals surface area (Å²) >= 11 is 2.53. The monoisotopic (exact) mass is 597 g/mol. The number of carbonyl (C=O) groups excluding carboxylic acids is 2. The molecule has 0 aliphatic carbocycles. The summed E-state index contributed by atoms with van der Waals surface area (Å²) in [5.41, 5.74) is 3.19. The van der Waals surface area contributed by atoms with E-state index in [-0.39, 0.29) is 18.4 Å². The number of carbonyl (C=O) groups is 2. The first-order valence-corrected chi connectivity index (χ1v) is 15.3. The number of nitrogens with zero attached hydrogens (tertiary/aromatic N) is 3. The number of aromatic nitrogens is 3. The fraction of sp³-hybridized carbons (Fsp3) is 0.188. The maximum atomic E-state index is 13.9. The molecule has 10 heteroatoms. The summed E-state index contributed by atoms with van der Waals surface area (Å²) in [6.45, 7) is 4.09. The molecule has 0 aliphatic rings. The van der Waals surface area contributed by atoms with Gasteiger partial charge in [-0.1, -0.05) is 110 Å². The van der Waals surface area contributed by atoms with Crippen LogP contribution in [-0.4, -0.2) is 33.4 Å². The minimum absolute atomic E-state index is 0.183. The Morgan fingerprint density at radius 3 is 2.21 bits per heavy atom. The number of esters is 1. The summed E-state index contributed by atoms with van der Waals surface area (Å²) in [6, 6.07) is 31.0. The van der Waals surface area contributed by atoms with E-state index in [1.807, 2.05) is 78.9 Å². The number of anilines is 1. The summed E-state index contributed by atoms with van der Waals surface area (Å²) in [4.78, 5) is 27.6. The first-order chi connectivity index (χ1) is 20.4. The van der Waals surface area contributed by atoms with Crippen molar-refractivity contribution in [2.24, 2.45) is 0 Å². The third kappa shape index (κ3) is 6.72. The van der Waals surface area contributed by atoms with E-state index in [0.29, 0.717) is 28.0 Å². The summed E-state index contributed by atoms with van der Waals surface area (Å²) in [5, 5.41) is 11.8. The van der Waals surface area contributed by atoms with Gasteiger partial charge >= 0.3 is 5.97 Å². The van der Waals surface area contributed by atoms with Crippen LogP contribution in [0.25, 0.3) is 10.4 Å². The molecular formula is C32H31N5O3S2. The van der Waals surface area contributed by atoms with Gasteiger partial charge in [0.05, 0.1) is 12.2 Å². The summed E-state index contributed by atoms with van der Waals surface area (Å²) in [7, 11) is 0. The number of nitrogens with one attached hydrogen (secondary N) is 1. The van der Waals surface area contributed by atoms with Crippen LogP contribution >= 0.6 is 23.1 Å². The lowest BCUT2D eigenvalue weighted by Gasteiger charge is -2.17. The predicted molar refractivity (Wildman–Crippen MR) is 168 cm³/mol. The third-order valence-corrected chi connectivity index (χ3v) is 8.99. The van der Waals surface area contributed by atoms with Crippen LogP contribution in [0.4, 0.5) is 5.00 Å². The zero-order chi connectivity index (χ0) is 29.5. The van der Waals surface area contributed by atoms with Crippen LogP contribution in [0.3, 0.4) is 0 Å². The van der Waals surface area contributed by atoms with Crippen molar-refractivity contribution >= 4 is 40.0 Å². The standard InChI is InChI=1S/C32H31N5O3S2/c1-3-40-31(39)25-20-26(23-15-9-5-10-16-23)41-30(25)34-29(38)28(24-17-11-6-12-18-24)42-32-36-35-27(37(32)33)19-21(2)22-13-7-4-8-14-22/h4-18,20-21,28H,3,19,33H2,1-2H3,(H,34,38). The van der Waals surface area contributed by atoms with Gasteiger partial charge in [0.15, 0.2) is 5.82 Å². The molecule has 1 amide bonds.